The highest BCUT2D eigenvalue weighted by molar-refractivity contribution is 5.97. The molecule has 22 heavy (non-hydrogen) atoms. The smallest absolute Gasteiger partial charge is 0.269 e. The Morgan fingerprint density at radius 1 is 1.05 bits per heavy atom. The Labute approximate surface area is 127 Å². The van der Waals surface area contributed by atoms with Gasteiger partial charge in [0, 0.05) is 23.8 Å². The number of hydrogen-bond acceptors (Lipinski definition) is 4. The second-order valence-corrected chi connectivity index (χ2v) is 5.00. The van der Waals surface area contributed by atoms with E-state index in [9.17, 15) is 14.9 Å². The fraction of sp³-hybridized carbons (Fsp3) is 0.118. The minimum absolute atomic E-state index is 0.0183. The number of non-ortho nitro benzene ring substituents is 1. The van der Waals surface area contributed by atoms with E-state index in [1.54, 1.807) is 12.1 Å². The van der Waals surface area contributed by atoms with Crippen LogP contribution in [0, 0.1) is 10.1 Å². The molecule has 2 aromatic carbocycles. The van der Waals surface area contributed by atoms with Crippen LogP contribution in [0.3, 0.4) is 0 Å². The van der Waals surface area contributed by atoms with Crippen LogP contribution in [0.5, 0.6) is 0 Å². The van der Waals surface area contributed by atoms with Gasteiger partial charge in [0.05, 0.1) is 11.3 Å². The van der Waals surface area contributed by atoms with Crippen molar-refractivity contribution < 1.29 is 14.5 Å². The van der Waals surface area contributed by atoms with Gasteiger partial charge in [-0.2, -0.15) is 0 Å². The van der Waals surface area contributed by atoms with E-state index < -0.39 is 11.0 Å². The van der Waals surface area contributed by atoms with Crippen LogP contribution in [0.25, 0.3) is 5.76 Å². The maximum atomic E-state index is 11.9. The Balaban J connectivity index is 1.86. The van der Waals surface area contributed by atoms with Crippen molar-refractivity contribution in [3.63, 3.8) is 0 Å². The Bertz CT molecular complexity index is 735. The van der Waals surface area contributed by atoms with E-state index in [2.05, 4.69) is 0 Å². The van der Waals surface area contributed by atoms with Crippen LogP contribution in [0.4, 0.5) is 5.69 Å². The van der Waals surface area contributed by atoms with E-state index in [1.807, 2.05) is 30.3 Å². The Morgan fingerprint density at radius 2 is 1.73 bits per heavy atom. The van der Waals surface area contributed by atoms with Crippen molar-refractivity contribution in [3.8, 4) is 0 Å². The van der Waals surface area contributed by atoms with Crippen LogP contribution < -0.4 is 0 Å². The molecule has 2 aromatic rings. The minimum Gasteiger partial charge on any atom is -0.485 e. The molecular formula is C17H13NO4. The fourth-order valence-corrected chi connectivity index (χ4v) is 2.37. The van der Waals surface area contributed by atoms with E-state index in [0.717, 1.165) is 11.1 Å². The molecule has 110 valence electrons. The molecule has 3 rings (SSSR count). The molecule has 5 heteroatoms. The molecule has 0 spiro atoms. The highest BCUT2D eigenvalue weighted by Gasteiger charge is 2.24. The molecule has 1 unspecified atom stereocenters. The Kier molecular flexibility index (Phi) is 3.70. The topological polar surface area (TPSA) is 69.4 Å². The Morgan fingerprint density at radius 3 is 2.36 bits per heavy atom. The van der Waals surface area contributed by atoms with E-state index in [4.69, 9.17) is 4.74 Å². The number of hydrogen-bond donors (Lipinski definition) is 0. The number of ether oxygens (including phenoxy) is 1. The number of ketones is 1. The molecule has 1 heterocycles. The van der Waals surface area contributed by atoms with Gasteiger partial charge in [-0.3, -0.25) is 14.9 Å². The predicted molar refractivity (Wildman–Crippen MR) is 81.0 cm³/mol. The molecule has 0 aliphatic carbocycles. The number of allylic oxidation sites excluding steroid dienone is 1. The number of nitro benzene ring substituents is 1. The summed E-state index contributed by atoms with van der Waals surface area (Å²) in [6.45, 7) is 0. The molecule has 0 aromatic heterocycles. The van der Waals surface area contributed by atoms with Crippen molar-refractivity contribution >= 4 is 17.2 Å². The summed E-state index contributed by atoms with van der Waals surface area (Å²) in [6, 6.07) is 15.5. The summed E-state index contributed by atoms with van der Waals surface area (Å²) in [5, 5.41) is 10.7. The van der Waals surface area contributed by atoms with Crippen molar-refractivity contribution in [2.75, 3.05) is 0 Å². The zero-order valence-electron chi connectivity index (χ0n) is 11.6. The summed E-state index contributed by atoms with van der Waals surface area (Å²) >= 11 is 0. The molecule has 0 fully saturated rings. The third-order valence-corrected chi connectivity index (χ3v) is 3.48. The average Bonchev–Trinajstić information content (AvgIpc) is 2.55. The summed E-state index contributed by atoms with van der Waals surface area (Å²) in [5.41, 5.74) is 1.60. The molecule has 1 atom stereocenters. The first-order valence-corrected chi connectivity index (χ1v) is 6.84. The van der Waals surface area contributed by atoms with Crippen LogP contribution in [0.2, 0.25) is 0 Å². The van der Waals surface area contributed by atoms with E-state index >= 15 is 0 Å². The highest BCUT2D eigenvalue weighted by Crippen LogP contribution is 2.33. The number of rotatable bonds is 3. The normalized spacial score (nSPS) is 17.5. The third-order valence-electron chi connectivity index (χ3n) is 3.48. The molecule has 0 N–H and O–H groups in total. The molecular weight excluding hydrogens is 282 g/mol. The largest absolute Gasteiger partial charge is 0.485 e. The van der Waals surface area contributed by atoms with Crippen molar-refractivity contribution in [3.05, 3.63) is 81.9 Å². The summed E-state index contributed by atoms with van der Waals surface area (Å²) in [6.07, 6.45) is 1.30. The number of carbonyl (C=O) groups excluding carboxylic acids is 1. The maximum absolute atomic E-state index is 11.9. The predicted octanol–water partition coefficient (Wildman–Crippen LogP) is 3.67. The molecule has 0 radical (unpaired) electrons. The van der Waals surface area contributed by atoms with Gasteiger partial charge in [0.1, 0.15) is 11.9 Å². The van der Waals surface area contributed by atoms with Gasteiger partial charge in [0.2, 0.25) is 0 Å². The monoisotopic (exact) mass is 295 g/mol. The maximum Gasteiger partial charge on any atom is 0.269 e. The van der Waals surface area contributed by atoms with E-state index in [0.29, 0.717) is 5.76 Å². The van der Waals surface area contributed by atoms with Gasteiger partial charge in [-0.25, -0.2) is 0 Å². The second-order valence-electron chi connectivity index (χ2n) is 5.00. The molecule has 0 saturated heterocycles. The first-order chi connectivity index (χ1) is 10.6. The first kappa shape index (κ1) is 14.0. The number of nitro groups is 1. The van der Waals surface area contributed by atoms with Crippen LogP contribution in [-0.4, -0.2) is 10.7 Å². The van der Waals surface area contributed by atoms with E-state index in [-0.39, 0.29) is 17.9 Å². The second kappa shape index (κ2) is 5.81. The molecule has 1 aliphatic rings. The van der Waals surface area contributed by atoms with Gasteiger partial charge in [0.25, 0.3) is 5.69 Å². The first-order valence-electron chi connectivity index (χ1n) is 6.84. The van der Waals surface area contributed by atoms with Gasteiger partial charge in [-0.15, -0.1) is 0 Å². The zero-order chi connectivity index (χ0) is 15.5. The summed E-state index contributed by atoms with van der Waals surface area (Å²) < 4.78 is 5.90. The number of carbonyl (C=O) groups is 1. The molecule has 0 amide bonds. The van der Waals surface area contributed by atoms with Crippen LogP contribution in [0.15, 0.2) is 60.7 Å². The minimum atomic E-state index is -0.452. The van der Waals surface area contributed by atoms with Crippen molar-refractivity contribution in [2.45, 2.75) is 12.5 Å². The van der Waals surface area contributed by atoms with Gasteiger partial charge in [0.15, 0.2) is 5.78 Å². The number of benzene rings is 2. The average molecular weight is 295 g/mol. The Hall–Kier alpha value is -2.95. The quantitative estimate of drug-likeness (QED) is 0.640. The molecule has 0 bridgehead atoms. The molecule has 0 saturated carbocycles. The van der Waals surface area contributed by atoms with Crippen molar-refractivity contribution in [1.82, 2.24) is 0 Å². The van der Waals surface area contributed by atoms with Gasteiger partial charge in [-0.05, 0) is 17.7 Å². The van der Waals surface area contributed by atoms with Crippen LogP contribution in [-0.2, 0) is 9.53 Å². The molecule has 1 aliphatic heterocycles. The van der Waals surface area contributed by atoms with Crippen molar-refractivity contribution in [2.24, 2.45) is 0 Å². The van der Waals surface area contributed by atoms with Gasteiger partial charge >= 0.3 is 0 Å². The van der Waals surface area contributed by atoms with Crippen LogP contribution in [0.1, 0.15) is 23.7 Å². The highest BCUT2D eigenvalue weighted by atomic mass is 16.6. The lowest BCUT2D eigenvalue weighted by molar-refractivity contribution is -0.384. The standard InChI is InChI=1S/C17H13NO4/c19-15-10-16(12-4-2-1-3-5-12)22-17(11-15)13-6-8-14(9-7-13)18(20)21/h1-10,17H,11H2. The van der Waals surface area contributed by atoms with Gasteiger partial charge < -0.3 is 4.74 Å². The lowest BCUT2D eigenvalue weighted by Gasteiger charge is -2.24. The number of nitrogens with zero attached hydrogens (tertiary/aromatic N) is 1. The summed E-state index contributed by atoms with van der Waals surface area (Å²) in [7, 11) is 0. The zero-order valence-corrected chi connectivity index (χ0v) is 11.6. The van der Waals surface area contributed by atoms with Crippen molar-refractivity contribution in [1.29, 1.82) is 0 Å². The lowest BCUT2D eigenvalue weighted by atomic mass is 9.99. The fourth-order valence-electron chi connectivity index (χ4n) is 2.37. The lowest BCUT2D eigenvalue weighted by Crippen LogP contribution is -2.15. The van der Waals surface area contributed by atoms with E-state index in [1.165, 1.54) is 18.2 Å². The van der Waals surface area contributed by atoms with Gasteiger partial charge in [-0.1, -0.05) is 30.3 Å². The summed E-state index contributed by atoms with van der Waals surface area (Å²) in [4.78, 5) is 22.2. The van der Waals surface area contributed by atoms with Crippen LogP contribution >= 0.6 is 0 Å². The summed E-state index contributed by atoms with van der Waals surface area (Å²) in [5.74, 6) is 0.508. The SMILES string of the molecule is O=C1C=C(c2ccccc2)OC(c2ccc([N+](=O)[O-])cc2)C1. The molecule has 5 nitrogen and oxygen atoms in total. The third kappa shape index (κ3) is 2.88.